The molecule has 10 aromatic carbocycles. The van der Waals surface area contributed by atoms with E-state index in [9.17, 15) is 0 Å². The number of hydrogen-bond donors (Lipinski definition) is 0. The molecule has 0 radical (unpaired) electrons. The van der Waals surface area contributed by atoms with E-state index < -0.39 is 0 Å². The maximum Gasteiger partial charge on any atom is 0.193 e. The lowest BCUT2D eigenvalue weighted by Gasteiger charge is -2.31. The smallest absolute Gasteiger partial charge is 0.193 e. The van der Waals surface area contributed by atoms with Gasteiger partial charge in [0.2, 0.25) is 0 Å². The van der Waals surface area contributed by atoms with Crippen LogP contribution in [-0.4, -0.2) is 5.78 Å². The summed E-state index contributed by atoms with van der Waals surface area (Å²) in [4.78, 5) is 25.5. The molecule has 0 aliphatic heterocycles. The van der Waals surface area contributed by atoms with Crippen molar-refractivity contribution in [3.05, 3.63) is 286 Å². The van der Waals surface area contributed by atoms with Crippen molar-refractivity contribution >= 4 is 74.0 Å². The topological polar surface area (TPSA) is 30.0 Å². The van der Waals surface area contributed by atoms with Crippen LogP contribution in [0.15, 0.2) is 224 Å². The van der Waals surface area contributed by atoms with Crippen LogP contribution in [0, 0.1) is 62.3 Å². The van der Waals surface area contributed by atoms with Crippen molar-refractivity contribution in [1.82, 2.24) is 0 Å². The maximum absolute atomic E-state index is 16.4. The van der Waals surface area contributed by atoms with Crippen LogP contribution in [0.25, 0.3) is 0 Å². The zero-order chi connectivity index (χ0) is 52.3. The quantitative estimate of drug-likeness (QED) is 0.101. The van der Waals surface area contributed by atoms with E-state index in [4.69, 9.17) is 0 Å². The van der Waals surface area contributed by atoms with E-state index in [1.54, 1.807) is 0 Å². The Morgan fingerprint density at radius 3 is 0.680 bits per heavy atom. The molecule has 5 heteroatoms. The van der Waals surface area contributed by atoms with Crippen LogP contribution in [-0.2, 0) is 0 Å². The third-order valence-corrected chi connectivity index (χ3v) is 14.0. The summed E-state index contributed by atoms with van der Waals surface area (Å²) in [5.74, 6) is -0.112. The lowest BCUT2D eigenvalue weighted by atomic mass is 9.98. The van der Waals surface area contributed by atoms with Crippen LogP contribution in [0.2, 0.25) is 0 Å². The molecule has 10 aromatic rings. The number of benzene rings is 10. The first-order chi connectivity index (χ1) is 36.2. The van der Waals surface area contributed by atoms with Crippen LogP contribution >= 0.6 is 0 Å². The molecule has 0 spiro atoms. The summed E-state index contributed by atoms with van der Waals surface area (Å²) in [5.41, 5.74) is 22.9. The summed E-state index contributed by atoms with van der Waals surface area (Å²) in [5, 5.41) is 0. The van der Waals surface area contributed by atoms with Crippen LogP contribution in [0.5, 0.6) is 0 Å². The van der Waals surface area contributed by atoms with Crippen molar-refractivity contribution in [2.45, 2.75) is 62.3 Å². The molecule has 0 unspecified atom stereocenters. The van der Waals surface area contributed by atoms with Crippen molar-refractivity contribution < 1.29 is 4.79 Å². The molecule has 0 atom stereocenters. The van der Waals surface area contributed by atoms with E-state index in [2.05, 4.69) is 306 Å². The first kappa shape index (κ1) is 49.6. The Morgan fingerprint density at radius 2 is 0.440 bits per heavy atom. The molecule has 0 saturated carbocycles. The highest BCUT2D eigenvalue weighted by Gasteiger charge is 2.26. The van der Waals surface area contributed by atoms with Gasteiger partial charge < -0.3 is 19.6 Å². The summed E-state index contributed by atoms with van der Waals surface area (Å²) >= 11 is 0. The maximum atomic E-state index is 16.4. The van der Waals surface area contributed by atoms with Gasteiger partial charge in [-0.1, -0.05) is 142 Å². The van der Waals surface area contributed by atoms with Gasteiger partial charge in [-0.2, -0.15) is 0 Å². The lowest BCUT2D eigenvalue weighted by molar-refractivity contribution is 0.103. The van der Waals surface area contributed by atoms with E-state index >= 15 is 4.79 Å². The predicted octanol–water partition coefficient (Wildman–Crippen LogP) is 19.6. The molecular weight excluding hydrogens is 913 g/mol. The SMILES string of the molecule is Cc1ccc(N(c2ccc(C)cc2)c2cc(C(=O)c3cc(N(c4ccc(C)cc4)c4ccc(C)cc4)cc(N(c4ccc(C)cc4)c4ccc(C)cc4C)c3)cc(N(c3ccc(C)cc3)c3ccc(C)cc3)c2)cc1. The molecule has 0 fully saturated rings. The average molecular weight is 977 g/mol. The fraction of sp³-hybridized carbons (Fsp3) is 0.129. The second-order valence-electron chi connectivity index (χ2n) is 20.3. The predicted molar refractivity (Wildman–Crippen MR) is 318 cm³/mol. The summed E-state index contributed by atoms with van der Waals surface area (Å²) in [6.45, 7) is 19.1. The molecular formula is C70H64N4O. The van der Waals surface area contributed by atoms with E-state index in [1.165, 1.54) is 44.5 Å². The molecule has 75 heavy (non-hydrogen) atoms. The Hall–Kier alpha value is -8.93. The molecule has 0 aliphatic rings. The zero-order valence-corrected chi connectivity index (χ0v) is 44.6. The minimum atomic E-state index is -0.112. The molecule has 0 amide bonds. The van der Waals surface area contributed by atoms with Crippen LogP contribution in [0.4, 0.5) is 68.2 Å². The van der Waals surface area contributed by atoms with E-state index in [1.807, 2.05) is 0 Å². The molecule has 0 saturated heterocycles. The van der Waals surface area contributed by atoms with Gasteiger partial charge in [-0.3, -0.25) is 4.79 Å². The fourth-order valence-corrected chi connectivity index (χ4v) is 9.82. The minimum Gasteiger partial charge on any atom is -0.310 e. The van der Waals surface area contributed by atoms with Crippen molar-refractivity contribution in [3.8, 4) is 0 Å². The lowest BCUT2D eigenvalue weighted by Crippen LogP contribution is -2.17. The standard InChI is InChI=1S/C70H64N4O/c1-47-10-25-58(26-11-47)71(59-27-12-48(2)13-28-59)65-41-56(42-66(45-65)72(60-29-14-49(3)15-30-60)61-31-16-50(4)17-32-61)70(75)57-43-67(73(62-33-18-51(5)19-34-62)63-35-20-52(6)21-36-63)46-68(44-57)74(64-37-22-53(7)23-38-64)69-39-24-54(8)40-55(69)9/h10-46H,1-9H3. The van der Waals surface area contributed by atoms with Crippen LogP contribution in [0.1, 0.15) is 66.0 Å². The molecule has 10 rings (SSSR count). The number of aryl methyl sites for hydroxylation is 9. The third kappa shape index (κ3) is 10.9. The van der Waals surface area contributed by atoms with Crippen molar-refractivity contribution in [2.75, 3.05) is 19.6 Å². The van der Waals surface area contributed by atoms with Gasteiger partial charge in [0, 0.05) is 79.4 Å². The van der Waals surface area contributed by atoms with Gasteiger partial charge in [0.1, 0.15) is 0 Å². The monoisotopic (exact) mass is 977 g/mol. The number of carbonyl (C=O) groups is 1. The first-order valence-electron chi connectivity index (χ1n) is 25.8. The number of rotatable bonds is 14. The normalized spacial score (nSPS) is 11.1. The van der Waals surface area contributed by atoms with Gasteiger partial charge in [-0.25, -0.2) is 0 Å². The number of hydrogen-bond acceptors (Lipinski definition) is 5. The van der Waals surface area contributed by atoms with Gasteiger partial charge in [-0.05, 0) is 195 Å². The van der Waals surface area contributed by atoms with Gasteiger partial charge in [0.05, 0.1) is 0 Å². The Kier molecular flexibility index (Phi) is 14.1. The number of anilines is 12. The van der Waals surface area contributed by atoms with Gasteiger partial charge >= 0.3 is 0 Å². The molecule has 0 heterocycles. The van der Waals surface area contributed by atoms with Crippen molar-refractivity contribution in [1.29, 1.82) is 0 Å². The molecule has 0 bridgehead atoms. The van der Waals surface area contributed by atoms with Gasteiger partial charge in [-0.15, -0.1) is 0 Å². The third-order valence-electron chi connectivity index (χ3n) is 14.0. The average Bonchev–Trinajstić information content (AvgIpc) is 3.41. The van der Waals surface area contributed by atoms with E-state index in [0.29, 0.717) is 11.1 Å². The highest BCUT2D eigenvalue weighted by atomic mass is 16.1. The number of carbonyl (C=O) groups excluding carboxylic acids is 1. The second kappa shape index (κ2) is 21.3. The van der Waals surface area contributed by atoms with Crippen molar-refractivity contribution in [3.63, 3.8) is 0 Å². The van der Waals surface area contributed by atoms with Crippen LogP contribution in [0.3, 0.4) is 0 Å². The zero-order valence-electron chi connectivity index (χ0n) is 44.6. The Morgan fingerprint density at radius 1 is 0.227 bits per heavy atom. The summed E-state index contributed by atoms with van der Waals surface area (Å²) < 4.78 is 0. The van der Waals surface area contributed by atoms with Crippen molar-refractivity contribution in [2.24, 2.45) is 0 Å². The summed E-state index contributed by atoms with van der Waals surface area (Å²) in [7, 11) is 0. The largest absolute Gasteiger partial charge is 0.310 e. The fourth-order valence-electron chi connectivity index (χ4n) is 9.82. The Labute approximate surface area is 444 Å². The number of ketones is 1. The Bertz CT molecular complexity index is 3370. The summed E-state index contributed by atoms with van der Waals surface area (Å²) in [6, 6.07) is 79.7. The molecule has 5 nitrogen and oxygen atoms in total. The molecule has 0 aromatic heterocycles. The minimum absolute atomic E-state index is 0.112. The second-order valence-corrected chi connectivity index (χ2v) is 20.3. The highest BCUT2D eigenvalue weighted by Crippen LogP contribution is 2.45. The molecule has 370 valence electrons. The number of nitrogens with zero attached hydrogens (tertiary/aromatic N) is 4. The Balaban J connectivity index is 1.26. The van der Waals surface area contributed by atoms with E-state index in [-0.39, 0.29) is 5.78 Å². The van der Waals surface area contributed by atoms with Crippen LogP contribution < -0.4 is 19.6 Å². The first-order valence-corrected chi connectivity index (χ1v) is 25.8. The van der Waals surface area contributed by atoms with E-state index in [0.717, 1.165) is 73.8 Å². The van der Waals surface area contributed by atoms with Gasteiger partial charge in [0.15, 0.2) is 5.78 Å². The molecule has 0 aliphatic carbocycles. The summed E-state index contributed by atoms with van der Waals surface area (Å²) in [6.07, 6.45) is 0. The highest BCUT2D eigenvalue weighted by molar-refractivity contribution is 6.12. The van der Waals surface area contributed by atoms with Gasteiger partial charge in [0.25, 0.3) is 0 Å². The molecule has 0 N–H and O–H groups in total.